The van der Waals surface area contributed by atoms with Gasteiger partial charge in [0.1, 0.15) is 0 Å². The highest BCUT2D eigenvalue weighted by atomic mass is 35.5. The molecule has 0 aliphatic rings. The van der Waals surface area contributed by atoms with Crippen LogP contribution in [0.25, 0.3) is 0 Å². The van der Waals surface area contributed by atoms with Gasteiger partial charge in [0.25, 0.3) is 0 Å². The summed E-state index contributed by atoms with van der Waals surface area (Å²) in [5.74, 6) is -0.297. The van der Waals surface area contributed by atoms with Gasteiger partial charge in [-0.05, 0) is 18.6 Å². The summed E-state index contributed by atoms with van der Waals surface area (Å²) in [5, 5.41) is 3.63. The van der Waals surface area contributed by atoms with E-state index in [-0.39, 0.29) is 5.91 Å². The predicted molar refractivity (Wildman–Crippen MR) is 77.6 cm³/mol. The first-order chi connectivity index (χ1) is 8.45. The van der Waals surface area contributed by atoms with E-state index in [4.69, 9.17) is 40.5 Å². The average molecular weight is 310 g/mol. The second kappa shape index (κ2) is 7.19. The van der Waals surface area contributed by atoms with Gasteiger partial charge in [-0.25, -0.2) is 0 Å². The molecule has 0 saturated heterocycles. The lowest BCUT2D eigenvalue weighted by atomic mass is 10.1. The summed E-state index contributed by atoms with van der Waals surface area (Å²) in [6.07, 6.45) is 2.52. The van der Waals surface area contributed by atoms with Gasteiger partial charge in [0.2, 0.25) is 5.91 Å². The molecule has 0 fully saturated rings. The highest BCUT2D eigenvalue weighted by Gasteiger charge is 2.16. The third kappa shape index (κ3) is 4.32. The number of anilines is 1. The Morgan fingerprint density at radius 3 is 2.39 bits per heavy atom. The normalized spacial score (nSPS) is 12.3. The molecular weight excluding hydrogens is 295 g/mol. The number of benzene rings is 1. The van der Waals surface area contributed by atoms with Crippen molar-refractivity contribution < 1.29 is 4.79 Å². The number of nitrogens with two attached hydrogens (primary N) is 1. The Kier molecular flexibility index (Phi) is 6.22. The number of hydrogen-bond donors (Lipinski definition) is 2. The van der Waals surface area contributed by atoms with E-state index in [9.17, 15) is 4.79 Å². The number of rotatable bonds is 5. The third-order valence-corrected chi connectivity index (χ3v) is 3.27. The van der Waals surface area contributed by atoms with Crippen LogP contribution in [0.1, 0.15) is 26.2 Å². The molecule has 1 atom stereocenters. The molecule has 100 valence electrons. The molecule has 1 rings (SSSR count). The molecule has 0 bridgehead atoms. The van der Waals surface area contributed by atoms with E-state index in [0.29, 0.717) is 27.2 Å². The monoisotopic (exact) mass is 308 g/mol. The second-order valence-corrected chi connectivity index (χ2v) is 5.23. The molecule has 0 spiro atoms. The van der Waals surface area contributed by atoms with Crippen LogP contribution in [0.2, 0.25) is 15.1 Å². The number of carbonyl (C=O) groups excluding carboxylic acids is 1. The highest BCUT2D eigenvalue weighted by Crippen LogP contribution is 2.33. The molecule has 18 heavy (non-hydrogen) atoms. The quantitative estimate of drug-likeness (QED) is 0.860. The van der Waals surface area contributed by atoms with Crippen molar-refractivity contribution in [2.75, 3.05) is 5.32 Å². The van der Waals surface area contributed by atoms with Gasteiger partial charge >= 0.3 is 0 Å². The molecule has 0 radical (unpaired) electrons. The molecule has 0 heterocycles. The Balaban J connectivity index is 2.76. The summed E-state index contributed by atoms with van der Waals surface area (Å²) < 4.78 is 0. The van der Waals surface area contributed by atoms with Crippen molar-refractivity contribution in [3.05, 3.63) is 27.2 Å². The molecule has 0 saturated carbocycles. The Labute approximate surface area is 122 Å². The van der Waals surface area contributed by atoms with E-state index >= 15 is 0 Å². The minimum absolute atomic E-state index is 0.295. The van der Waals surface area contributed by atoms with Crippen LogP contribution in [-0.2, 0) is 4.79 Å². The van der Waals surface area contributed by atoms with Crippen molar-refractivity contribution in [2.45, 2.75) is 32.2 Å². The SMILES string of the molecule is CCCC[C@H](N)C(=O)Nc1c(Cl)cc(Cl)cc1Cl. The van der Waals surface area contributed by atoms with Crippen molar-refractivity contribution in [3.63, 3.8) is 0 Å². The van der Waals surface area contributed by atoms with Gasteiger partial charge in [-0.2, -0.15) is 0 Å². The zero-order valence-corrected chi connectivity index (χ0v) is 12.2. The topological polar surface area (TPSA) is 55.1 Å². The average Bonchev–Trinajstić information content (AvgIpc) is 2.30. The summed E-state index contributed by atoms with van der Waals surface area (Å²) >= 11 is 17.7. The van der Waals surface area contributed by atoms with Crippen LogP contribution in [0.5, 0.6) is 0 Å². The summed E-state index contributed by atoms with van der Waals surface area (Å²) in [4.78, 5) is 11.8. The van der Waals surface area contributed by atoms with Gasteiger partial charge in [0.15, 0.2) is 0 Å². The second-order valence-electron chi connectivity index (χ2n) is 3.98. The molecule has 1 aromatic rings. The van der Waals surface area contributed by atoms with E-state index in [1.165, 1.54) is 12.1 Å². The molecule has 1 aromatic carbocycles. The maximum absolute atomic E-state index is 11.8. The lowest BCUT2D eigenvalue weighted by molar-refractivity contribution is -0.117. The lowest BCUT2D eigenvalue weighted by Gasteiger charge is -2.14. The molecule has 0 aromatic heterocycles. The fourth-order valence-electron chi connectivity index (χ4n) is 1.43. The van der Waals surface area contributed by atoms with Crippen molar-refractivity contribution in [1.82, 2.24) is 0 Å². The number of halogens is 3. The first-order valence-corrected chi connectivity index (χ1v) is 6.80. The van der Waals surface area contributed by atoms with Crippen LogP contribution in [0.4, 0.5) is 5.69 Å². The van der Waals surface area contributed by atoms with Crippen LogP contribution in [0, 0.1) is 0 Å². The molecule has 3 N–H and O–H groups in total. The first-order valence-electron chi connectivity index (χ1n) is 5.66. The largest absolute Gasteiger partial charge is 0.322 e. The van der Waals surface area contributed by atoms with Crippen LogP contribution in [-0.4, -0.2) is 11.9 Å². The van der Waals surface area contributed by atoms with Crippen molar-refractivity contribution >= 4 is 46.4 Å². The molecule has 6 heteroatoms. The Morgan fingerprint density at radius 1 is 1.33 bits per heavy atom. The summed E-state index contributed by atoms with van der Waals surface area (Å²) in [6, 6.07) is 2.47. The summed E-state index contributed by atoms with van der Waals surface area (Å²) in [7, 11) is 0. The smallest absolute Gasteiger partial charge is 0.241 e. The summed E-state index contributed by atoms with van der Waals surface area (Å²) in [5.41, 5.74) is 6.10. The summed E-state index contributed by atoms with van der Waals surface area (Å²) in [6.45, 7) is 2.04. The van der Waals surface area contributed by atoms with Crippen molar-refractivity contribution in [1.29, 1.82) is 0 Å². The number of hydrogen-bond acceptors (Lipinski definition) is 2. The van der Waals surface area contributed by atoms with Gasteiger partial charge in [-0.3, -0.25) is 4.79 Å². The van der Waals surface area contributed by atoms with Gasteiger partial charge < -0.3 is 11.1 Å². The standard InChI is InChI=1S/C12H15Cl3N2O/c1-2-3-4-10(16)12(18)17-11-8(14)5-7(13)6-9(11)15/h5-6,10H,2-4,16H2,1H3,(H,17,18)/t10-/m0/s1. The Hall–Kier alpha value is -0.480. The van der Waals surface area contributed by atoms with Gasteiger partial charge in [0, 0.05) is 5.02 Å². The maximum Gasteiger partial charge on any atom is 0.241 e. The first kappa shape index (κ1) is 15.6. The third-order valence-electron chi connectivity index (χ3n) is 2.46. The van der Waals surface area contributed by atoms with Crippen LogP contribution in [0.3, 0.4) is 0 Å². The van der Waals surface area contributed by atoms with Crippen molar-refractivity contribution in [2.24, 2.45) is 5.73 Å². The molecule has 3 nitrogen and oxygen atoms in total. The van der Waals surface area contributed by atoms with Crippen LogP contribution >= 0.6 is 34.8 Å². The zero-order valence-electron chi connectivity index (χ0n) is 9.97. The molecule has 1 amide bonds. The van der Waals surface area contributed by atoms with Gasteiger partial charge in [-0.1, -0.05) is 54.6 Å². The maximum atomic E-state index is 11.8. The predicted octanol–water partition coefficient (Wildman–Crippen LogP) is 4.10. The minimum Gasteiger partial charge on any atom is -0.322 e. The number of unbranched alkanes of at least 4 members (excludes halogenated alkanes) is 1. The Morgan fingerprint density at radius 2 is 1.89 bits per heavy atom. The fourth-order valence-corrected chi connectivity index (χ4v) is 2.34. The van der Waals surface area contributed by atoms with Gasteiger partial charge in [-0.15, -0.1) is 0 Å². The number of amides is 1. The molecule has 0 unspecified atom stereocenters. The number of carbonyl (C=O) groups is 1. The van der Waals surface area contributed by atoms with E-state index in [2.05, 4.69) is 5.32 Å². The molecular formula is C12H15Cl3N2O. The van der Waals surface area contributed by atoms with Crippen LogP contribution in [0.15, 0.2) is 12.1 Å². The fraction of sp³-hybridized carbons (Fsp3) is 0.417. The van der Waals surface area contributed by atoms with E-state index in [1.807, 2.05) is 6.92 Å². The highest BCUT2D eigenvalue weighted by molar-refractivity contribution is 6.42. The van der Waals surface area contributed by atoms with Crippen molar-refractivity contribution in [3.8, 4) is 0 Å². The Bertz CT molecular complexity index is 414. The van der Waals surface area contributed by atoms with Crippen LogP contribution < -0.4 is 11.1 Å². The zero-order chi connectivity index (χ0) is 13.7. The minimum atomic E-state index is -0.562. The lowest BCUT2D eigenvalue weighted by Crippen LogP contribution is -2.35. The van der Waals surface area contributed by atoms with E-state index in [0.717, 1.165) is 12.8 Å². The van der Waals surface area contributed by atoms with E-state index in [1.54, 1.807) is 0 Å². The van der Waals surface area contributed by atoms with E-state index < -0.39 is 6.04 Å². The number of nitrogens with one attached hydrogen (secondary N) is 1. The molecule has 0 aliphatic heterocycles. The van der Waals surface area contributed by atoms with Gasteiger partial charge in [0.05, 0.1) is 21.8 Å². The molecule has 0 aliphatic carbocycles.